The molecule has 0 radical (unpaired) electrons. The van der Waals surface area contributed by atoms with Crippen molar-refractivity contribution in [2.45, 2.75) is 23.4 Å². The largest absolute Gasteiger partial charge is 0.342 e. The molecule has 0 saturated carbocycles. The van der Waals surface area contributed by atoms with Gasteiger partial charge in [-0.15, -0.1) is 10.2 Å². The quantitative estimate of drug-likeness (QED) is 0.280. The molecule has 0 saturated heterocycles. The summed E-state index contributed by atoms with van der Waals surface area (Å²) in [6, 6.07) is 21.3. The third-order valence-corrected chi connectivity index (χ3v) is 7.12. The van der Waals surface area contributed by atoms with Gasteiger partial charge in [0.2, 0.25) is 0 Å². The van der Waals surface area contributed by atoms with Gasteiger partial charge in [-0.2, -0.15) is 11.8 Å². The minimum Gasteiger partial charge on any atom is -0.342 e. The van der Waals surface area contributed by atoms with Crippen LogP contribution in [0.4, 0.5) is 0 Å². The van der Waals surface area contributed by atoms with E-state index >= 15 is 0 Å². The maximum Gasteiger partial charge on any atom is 0.251 e. The summed E-state index contributed by atoms with van der Waals surface area (Å²) < 4.78 is 1.93. The number of nitrogens with zero attached hydrogens (tertiary/aromatic N) is 4. The number of amides is 1. The molecule has 0 spiro atoms. The van der Waals surface area contributed by atoms with Gasteiger partial charge in [0.05, 0.1) is 17.1 Å². The van der Waals surface area contributed by atoms with Crippen molar-refractivity contribution in [2.75, 3.05) is 12.0 Å². The summed E-state index contributed by atoms with van der Waals surface area (Å²) in [4.78, 5) is 21.0. The Morgan fingerprint density at radius 2 is 1.88 bits per heavy atom. The molecule has 3 aromatic heterocycles. The molecule has 3 heterocycles. The minimum absolute atomic E-state index is 0.115. The lowest BCUT2D eigenvalue weighted by atomic mass is 10.1. The third kappa shape index (κ3) is 4.95. The van der Waals surface area contributed by atoms with Crippen LogP contribution in [0.25, 0.3) is 16.7 Å². The van der Waals surface area contributed by atoms with Gasteiger partial charge in [0.1, 0.15) is 0 Å². The van der Waals surface area contributed by atoms with Crippen LogP contribution in [0, 0.1) is 0 Å². The molecule has 1 atom stereocenters. The molecule has 34 heavy (non-hydrogen) atoms. The summed E-state index contributed by atoms with van der Waals surface area (Å²) in [5, 5.41) is 12.6. The minimum atomic E-state index is -0.222. The number of carbonyl (C=O) groups excluding carboxylic acids is 1. The Bertz CT molecular complexity index is 1380. The fourth-order valence-electron chi connectivity index (χ4n) is 3.74. The van der Waals surface area contributed by atoms with E-state index in [0.717, 1.165) is 51.2 Å². The van der Waals surface area contributed by atoms with E-state index in [1.807, 2.05) is 77.3 Å². The molecule has 5 rings (SSSR count). The van der Waals surface area contributed by atoms with E-state index in [1.54, 1.807) is 23.5 Å². The first-order chi connectivity index (χ1) is 16.7. The number of H-pyrrole nitrogens is 1. The summed E-state index contributed by atoms with van der Waals surface area (Å²) in [5.74, 6) is 2.31. The van der Waals surface area contributed by atoms with Crippen molar-refractivity contribution >= 4 is 46.1 Å². The number of rotatable bonds is 9. The second-order valence-electron chi connectivity index (χ2n) is 7.84. The molecule has 7 nitrogen and oxygen atoms in total. The number of carbonyl (C=O) groups is 1. The monoisotopic (exact) mass is 488 g/mol. The Hall–Kier alpha value is -3.30. The number of thioether (sulfide) groups is 2. The van der Waals surface area contributed by atoms with Crippen molar-refractivity contribution in [3.63, 3.8) is 0 Å². The Balaban J connectivity index is 1.25. The van der Waals surface area contributed by atoms with E-state index < -0.39 is 0 Å². The van der Waals surface area contributed by atoms with Gasteiger partial charge in [0, 0.05) is 17.5 Å². The van der Waals surface area contributed by atoms with Crippen molar-refractivity contribution in [3.8, 4) is 0 Å². The molecule has 5 aromatic rings. The molecule has 2 N–H and O–H groups in total. The fourth-order valence-corrected chi connectivity index (χ4v) is 5.05. The second-order valence-corrected chi connectivity index (χ2v) is 9.79. The van der Waals surface area contributed by atoms with E-state index in [1.165, 1.54) is 0 Å². The van der Waals surface area contributed by atoms with Gasteiger partial charge in [0.15, 0.2) is 16.6 Å². The van der Waals surface area contributed by atoms with Crippen LogP contribution in [0.5, 0.6) is 0 Å². The van der Waals surface area contributed by atoms with E-state index in [9.17, 15) is 4.79 Å². The number of benzene rings is 2. The molecule has 0 aliphatic heterocycles. The molecule has 0 aliphatic rings. The van der Waals surface area contributed by atoms with E-state index in [-0.39, 0.29) is 11.9 Å². The summed E-state index contributed by atoms with van der Waals surface area (Å²) in [6.45, 7) is 0. The van der Waals surface area contributed by atoms with Crippen molar-refractivity contribution in [1.82, 2.24) is 29.9 Å². The summed E-state index contributed by atoms with van der Waals surface area (Å²) in [7, 11) is 0. The zero-order chi connectivity index (χ0) is 23.3. The smallest absolute Gasteiger partial charge is 0.251 e. The van der Waals surface area contributed by atoms with Gasteiger partial charge in [-0.3, -0.25) is 9.20 Å². The molecule has 2 aromatic carbocycles. The Kier molecular flexibility index (Phi) is 6.82. The summed E-state index contributed by atoms with van der Waals surface area (Å²) in [6.07, 6.45) is 4.76. The van der Waals surface area contributed by atoms with Gasteiger partial charge in [-0.1, -0.05) is 42.1 Å². The number of aromatic nitrogens is 5. The van der Waals surface area contributed by atoms with E-state index in [0.29, 0.717) is 5.56 Å². The first-order valence-electron chi connectivity index (χ1n) is 11.0. The fraction of sp³-hybridized carbons (Fsp3) is 0.200. The first kappa shape index (κ1) is 22.5. The number of imidazole rings is 1. The molecule has 1 amide bonds. The predicted octanol–water partition coefficient (Wildman–Crippen LogP) is 5.12. The highest BCUT2D eigenvalue weighted by Gasteiger charge is 2.21. The lowest BCUT2D eigenvalue weighted by Gasteiger charge is -2.17. The first-order valence-corrected chi connectivity index (χ1v) is 13.3. The summed E-state index contributed by atoms with van der Waals surface area (Å²) >= 11 is 3.39. The Morgan fingerprint density at radius 1 is 1.06 bits per heavy atom. The van der Waals surface area contributed by atoms with Crippen LogP contribution in [0.1, 0.15) is 34.2 Å². The maximum atomic E-state index is 13.0. The molecule has 172 valence electrons. The number of nitrogens with one attached hydrogen (secondary N) is 2. The van der Waals surface area contributed by atoms with Gasteiger partial charge in [-0.25, -0.2) is 4.98 Å². The molecule has 9 heteroatoms. The van der Waals surface area contributed by atoms with Gasteiger partial charge < -0.3 is 10.3 Å². The van der Waals surface area contributed by atoms with Gasteiger partial charge in [-0.05, 0) is 60.4 Å². The summed E-state index contributed by atoms with van der Waals surface area (Å²) in [5.41, 5.74) is 4.53. The standard InChI is InChI=1S/C25H24N6OS2/c1-33-15-13-21(23-30-29-22-8-4-5-14-31(22)23)26-24(32)18-11-9-17(10-12-18)16-34-25-27-19-6-2-3-7-20(19)28-25/h2-12,14,21H,13,15-16H2,1H3,(H,26,32)(H,27,28). The molecular formula is C25H24N6OS2. The number of fused-ring (bicyclic) bond motifs is 2. The number of aromatic amines is 1. The number of hydrogen-bond acceptors (Lipinski definition) is 6. The average molecular weight is 489 g/mol. The molecular weight excluding hydrogens is 464 g/mol. The highest BCUT2D eigenvalue weighted by atomic mass is 32.2. The number of pyridine rings is 1. The SMILES string of the molecule is CSCCC(NC(=O)c1ccc(CSc2nc3ccccc3[nH]2)cc1)c1nnc2ccccn12. The average Bonchev–Trinajstić information content (AvgIpc) is 3.49. The van der Waals surface area contributed by atoms with Gasteiger partial charge in [0.25, 0.3) is 5.91 Å². The van der Waals surface area contributed by atoms with Crippen LogP contribution in [0.15, 0.2) is 78.1 Å². The van der Waals surface area contributed by atoms with Crippen LogP contribution in [0.2, 0.25) is 0 Å². The van der Waals surface area contributed by atoms with Crippen LogP contribution < -0.4 is 5.32 Å². The highest BCUT2D eigenvalue weighted by Crippen LogP contribution is 2.24. The molecule has 0 aliphatic carbocycles. The molecule has 0 fully saturated rings. The van der Waals surface area contributed by atoms with Crippen molar-refractivity contribution in [3.05, 3.63) is 89.9 Å². The second kappa shape index (κ2) is 10.3. The van der Waals surface area contributed by atoms with Crippen LogP contribution in [0.3, 0.4) is 0 Å². The highest BCUT2D eigenvalue weighted by molar-refractivity contribution is 7.98. The van der Waals surface area contributed by atoms with Crippen LogP contribution in [-0.2, 0) is 5.75 Å². The van der Waals surface area contributed by atoms with E-state index in [4.69, 9.17) is 0 Å². The number of hydrogen-bond donors (Lipinski definition) is 2. The van der Waals surface area contributed by atoms with Crippen molar-refractivity contribution < 1.29 is 4.79 Å². The van der Waals surface area contributed by atoms with Gasteiger partial charge >= 0.3 is 0 Å². The lowest BCUT2D eigenvalue weighted by molar-refractivity contribution is 0.0934. The zero-order valence-corrected chi connectivity index (χ0v) is 20.3. The number of para-hydroxylation sites is 2. The van der Waals surface area contributed by atoms with Crippen molar-refractivity contribution in [1.29, 1.82) is 0 Å². The topological polar surface area (TPSA) is 88.0 Å². The maximum absolute atomic E-state index is 13.0. The van der Waals surface area contributed by atoms with Crippen LogP contribution >= 0.6 is 23.5 Å². The third-order valence-electron chi connectivity index (χ3n) is 5.53. The zero-order valence-electron chi connectivity index (χ0n) is 18.6. The van der Waals surface area contributed by atoms with Crippen molar-refractivity contribution in [2.24, 2.45) is 0 Å². The normalized spacial score (nSPS) is 12.3. The van der Waals surface area contributed by atoms with Crippen LogP contribution in [-0.4, -0.2) is 42.5 Å². The predicted molar refractivity (Wildman–Crippen MR) is 138 cm³/mol. The Morgan fingerprint density at radius 3 is 2.71 bits per heavy atom. The molecule has 1 unspecified atom stereocenters. The lowest BCUT2D eigenvalue weighted by Crippen LogP contribution is -2.30. The Labute approximate surface area is 205 Å². The van der Waals surface area contributed by atoms with E-state index in [2.05, 4.69) is 31.7 Å². The molecule has 0 bridgehead atoms.